The molecule has 0 bridgehead atoms. The van der Waals surface area contributed by atoms with Gasteiger partial charge in [-0.05, 0) is 63.8 Å². The van der Waals surface area contributed by atoms with Gasteiger partial charge >= 0.3 is 6.03 Å². The van der Waals surface area contributed by atoms with Gasteiger partial charge in [-0.25, -0.2) is 14.1 Å². The molecule has 37 heavy (non-hydrogen) atoms. The van der Waals surface area contributed by atoms with Crippen LogP contribution in [0.2, 0.25) is 5.02 Å². The maximum absolute atomic E-state index is 13.9. The number of carbonyl (C=O) groups excluding carboxylic acids is 3. The Labute approximate surface area is 226 Å². The number of imide groups is 1. The van der Waals surface area contributed by atoms with E-state index in [1.807, 2.05) is 19.1 Å². The Hall–Kier alpha value is -3.69. The predicted octanol–water partition coefficient (Wildman–Crippen LogP) is 5.91. The number of urea groups is 1. The van der Waals surface area contributed by atoms with E-state index >= 15 is 0 Å². The average Bonchev–Trinajstić information content (AvgIpc) is 3.12. The van der Waals surface area contributed by atoms with Crippen LogP contribution in [0.5, 0.6) is 5.75 Å². The molecular weight excluding hydrogens is 565 g/mol. The van der Waals surface area contributed by atoms with Crippen molar-refractivity contribution in [1.82, 2.24) is 10.2 Å². The van der Waals surface area contributed by atoms with Crippen LogP contribution in [0.15, 0.2) is 70.8 Å². The summed E-state index contributed by atoms with van der Waals surface area (Å²) in [5, 5.41) is 5.46. The molecule has 4 amide bonds. The SMILES string of the molecule is CCc1ccccc1NC(=O)CN1C(=O)N/C(=C/c2cc(Cl)c(OCc3ccccc3F)c(Br)c2)C1=O. The van der Waals surface area contributed by atoms with Crippen LogP contribution in [0, 0.1) is 5.82 Å². The standard InChI is InChI=1S/C27H22BrClFN3O4/c1-2-17-7-4-6-10-22(17)31-24(34)14-33-26(35)23(32-27(33)36)13-16-11-19(28)25(20(29)12-16)37-15-18-8-3-5-9-21(18)30/h3-13H,2,14-15H2,1H3,(H,31,34)(H,32,36)/b23-13+. The summed E-state index contributed by atoms with van der Waals surface area (Å²) in [5.74, 6) is -1.22. The van der Waals surface area contributed by atoms with Crippen LogP contribution in [0.4, 0.5) is 14.9 Å². The summed E-state index contributed by atoms with van der Waals surface area (Å²) < 4.78 is 20.1. The van der Waals surface area contributed by atoms with Crippen LogP contribution < -0.4 is 15.4 Å². The zero-order valence-electron chi connectivity index (χ0n) is 19.7. The molecule has 0 spiro atoms. The lowest BCUT2D eigenvalue weighted by molar-refractivity contribution is -0.127. The normalized spacial score (nSPS) is 14.2. The van der Waals surface area contributed by atoms with Crippen LogP contribution in [-0.4, -0.2) is 29.3 Å². The molecule has 0 atom stereocenters. The van der Waals surface area contributed by atoms with Gasteiger partial charge in [-0.15, -0.1) is 0 Å². The number of rotatable bonds is 8. The fraction of sp³-hybridized carbons (Fsp3) is 0.148. The summed E-state index contributed by atoms with van der Waals surface area (Å²) >= 11 is 9.76. The lowest BCUT2D eigenvalue weighted by Crippen LogP contribution is -2.38. The second kappa shape index (κ2) is 11.6. The molecule has 1 aliphatic heterocycles. The van der Waals surface area contributed by atoms with Crippen molar-refractivity contribution in [2.24, 2.45) is 0 Å². The first-order valence-corrected chi connectivity index (χ1v) is 12.5. The highest BCUT2D eigenvalue weighted by Gasteiger charge is 2.35. The zero-order valence-corrected chi connectivity index (χ0v) is 22.0. The number of ether oxygens (including phenoxy) is 1. The Morgan fingerprint density at radius 3 is 2.54 bits per heavy atom. The van der Waals surface area contributed by atoms with Crippen molar-refractivity contribution in [3.05, 3.63) is 98.4 Å². The molecule has 0 unspecified atom stereocenters. The van der Waals surface area contributed by atoms with Crippen LogP contribution in [0.25, 0.3) is 6.08 Å². The number of hydrogen-bond acceptors (Lipinski definition) is 4. The van der Waals surface area contributed by atoms with E-state index in [9.17, 15) is 18.8 Å². The van der Waals surface area contributed by atoms with Crippen molar-refractivity contribution >= 4 is 57.1 Å². The molecule has 4 rings (SSSR count). The molecular formula is C27H22BrClFN3O4. The van der Waals surface area contributed by atoms with E-state index in [-0.39, 0.29) is 23.1 Å². The summed E-state index contributed by atoms with van der Waals surface area (Å²) in [6.45, 7) is 1.50. The first-order valence-electron chi connectivity index (χ1n) is 11.3. The van der Waals surface area contributed by atoms with E-state index < -0.39 is 24.4 Å². The minimum absolute atomic E-state index is 0.00486. The highest BCUT2D eigenvalue weighted by molar-refractivity contribution is 9.10. The molecule has 3 aromatic carbocycles. The number of hydrogen-bond donors (Lipinski definition) is 2. The molecule has 1 heterocycles. The second-order valence-corrected chi connectivity index (χ2v) is 9.39. The Morgan fingerprint density at radius 2 is 1.84 bits per heavy atom. The molecule has 0 radical (unpaired) electrons. The van der Waals surface area contributed by atoms with Gasteiger partial charge in [0.1, 0.15) is 24.7 Å². The number of halogens is 3. The van der Waals surface area contributed by atoms with E-state index in [0.717, 1.165) is 16.9 Å². The largest absolute Gasteiger partial charge is 0.486 e. The van der Waals surface area contributed by atoms with E-state index in [0.29, 0.717) is 27.0 Å². The van der Waals surface area contributed by atoms with Gasteiger partial charge in [-0.3, -0.25) is 9.59 Å². The zero-order chi connectivity index (χ0) is 26.5. The van der Waals surface area contributed by atoms with Crippen LogP contribution in [0.1, 0.15) is 23.6 Å². The van der Waals surface area contributed by atoms with E-state index in [4.69, 9.17) is 16.3 Å². The van der Waals surface area contributed by atoms with Gasteiger partial charge in [0.25, 0.3) is 5.91 Å². The van der Waals surface area contributed by atoms with Crippen molar-refractivity contribution in [3.8, 4) is 5.75 Å². The van der Waals surface area contributed by atoms with Crippen molar-refractivity contribution < 1.29 is 23.5 Å². The van der Waals surface area contributed by atoms with Gasteiger partial charge in [-0.1, -0.05) is 54.9 Å². The fourth-order valence-electron chi connectivity index (χ4n) is 3.73. The Balaban J connectivity index is 1.45. The number of benzene rings is 3. The lowest BCUT2D eigenvalue weighted by Gasteiger charge is -2.13. The van der Waals surface area contributed by atoms with Crippen LogP contribution in [-0.2, 0) is 22.6 Å². The van der Waals surface area contributed by atoms with Crippen LogP contribution in [0.3, 0.4) is 0 Å². The van der Waals surface area contributed by atoms with E-state index in [1.165, 1.54) is 12.1 Å². The molecule has 1 aliphatic rings. The number of amides is 4. The first-order chi connectivity index (χ1) is 17.8. The Bertz CT molecular complexity index is 1390. The number of carbonyl (C=O) groups is 3. The topological polar surface area (TPSA) is 87.7 Å². The number of aryl methyl sites for hydroxylation is 1. The molecule has 190 valence electrons. The summed E-state index contributed by atoms with van der Waals surface area (Å²) in [5.41, 5.74) is 2.45. The van der Waals surface area contributed by atoms with Gasteiger partial charge < -0.3 is 15.4 Å². The predicted molar refractivity (Wildman–Crippen MR) is 143 cm³/mol. The highest BCUT2D eigenvalue weighted by Crippen LogP contribution is 2.36. The van der Waals surface area contributed by atoms with Crippen molar-refractivity contribution in [3.63, 3.8) is 0 Å². The number of anilines is 1. The monoisotopic (exact) mass is 585 g/mol. The van der Waals surface area contributed by atoms with Gasteiger partial charge in [0.2, 0.25) is 5.91 Å². The molecule has 3 aromatic rings. The Morgan fingerprint density at radius 1 is 1.14 bits per heavy atom. The molecule has 0 saturated carbocycles. The van der Waals surface area contributed by atoms with Gasteiger partial charge in [0, 0.05) is 11.3 Å². The molecule has 1 fully saturated rings. The fourth-order valence-corrected chi connectivity index (χ4v) is 4.72. The maximum atomic E-state index is 13.9. The summed E-state index contributed by atoms with van der Waals surface area (Å²) in [4.78, 5) is 38.6. The highest BCUT2D eigenvalue weighted by atomic mass is 79.9. The molecule has 1 saturated heterocycles. The molecule has 0 aliphatic carbocycles. The van der Waals surface area contributed by atoms with E-state index in [1.54, 1.807) is 42.5 Å². The van der Waals surface area contributed by atoms with Crippen LogP contribution >= 0.6 is 27.5 Å². The minimum atomic E-state index is -0.704. The molecule has 7 nitrogen and oxygen atoms in total. The summed E-state index contributed by atoms with van der Waals surface area (Å²) in [6, 6.07) is 16.1. The average molecular weight is 587 g/mol. The van der Waals surface area contributed by atoms with Crippen molar-refractivity contribution in [2.45, 2.75) is 20.0 Å². The third kappa shape index (κ3) is 6.18. The van der Waals surface area contributed by atoms with E-state index in [2.05, 4.69) is 26.6 Å². The van der Waals surface area contributed by atoms with Gasteiger partial charge in [0.05, 0.1) is 9.50 Å². The van der Waals surface area contributed by atoms with Crippen molar-refractivity contribution in [2.75, 3.05) is 11.9 Å². The molecule has 10 heteroatoms. The first kappa shape index (κ1) is 26.4. The van der Waals surface area contributed by atoms with Gasteiger partial charge in [-0.2, -0.15) is 0 Å². The lowest BCUT2D eigenvalue weighted by atomic mass is 10.1. The molecule has 0 aromatic heterocycles. The number of nitrogens with zero attached hydrogens (tertiary/aromatic N) is 1. The number of nitrogens with one attached hydrogen (secondary N) is 2. The van der Waals surface area contributed by atoms with Gasteiger partial charge in [0.15, 0.2) is 5.75 Å². The quantitative estimate of drug-likeness (QED) is 0.254. The summed E-state index contributed by atoms with van der Waals surface area (Å²) in [6.07, 6.45) is 2.17. The third-order valence-electron chi connectivity index (χ3n) is 5.60. The second-order valence-electron chi connectivity index (χ2n) is 8.13. The summed E-state index contributed by atoms with van der Waals surface area (Å²) in [7, 11) is 0. The Kier molecular flexibility index (Phi) is 8.25. The minimum Gasteiger partial charge on any atom is -0.486 e. The smallest absolute Gasteiger partial charge is 0.329 e. The third-order valence-corrected chi connectivity index (χ3v) is 6.47. The maximum Gasteiger partial charge on any atom is 0.329 e. The van der Waals surface area contributed by atoms with Crippen molar-refractivity contribution in [1.29, 1.82) is 0 Å². The molecule has 2 N–H and O–H groups in total. The number of para-hydroxylation sites is 1.